The van der Waals surface area contributed by atoms with E-state index in [0.717, 1.165) is 11.1 Å². The second kappa shape index (κ2) is 4.16. The van der Waals surface area contributed by atoms with E-state index < -0.39 is 0 Å². The van der Waals surface area contributed by atoms with E-state index in [0.29, 0.717) is 5.82 Å². The molecule has 0 atom stereocenters. The zero-order valence-electron chi connectivity index (χ0n) is 11.8. The van der Waals surface area contributed by atoms with Gasteiger partial charge >= 0.3 is 0 Å². The molecule has 3 heteroatoms. The first-order valence-electron chi connectivity index (χ1n) is 6.19. The topological polar surface area (TPSA) is 43.8 Å². The number of nitrogen functional groups attached to an aromatic ring is 1. The molecule has 0 spiro atoms. The van der Waals surface area contributed by atoms with Gasteiger partial charge in [0.1, 0.15) is 5.82 Å². The van der Waals surface area contributed by atoms with Crippen molar-refractivity contribution in [3.05, 3.63) is 35.5 Å². The summed E-state index contributed by atoms with van der Waals surface area (Å²) in [6.07, 6.45) is 1.83. The Balaban J connectivity index is 2.52. The second-order valence-electron chi connectivity index (χ2n) is 5.85. The molecule has 0 aliphatic heterocycles. The number of anilines is 1. The standard InChI is InChI=1S/C15H21N3/c1-10-8-11(15(2,3)4)6-7-12(10)13-9-17-18(5)14(13)16/h6-9H,16H2,1-5H3. The van der Waals surface area contributed by atoms with Crippen LogP contribution in [0.5, 0.6) is 0 Å². The van der Waals surface area contributed by atoms with Crippen LogP contribution in [-0.2, 0) is 12.5 Å². The highest BCUT2D eigenvalue weighted by Gasteiger charge is 2.16. The van der Waals surface area contributed by atoms with Gasteiger partial charge in [-0.3, -0.25) is 4.68 Å². The third-order valence-corrected chi connectivity index (χ3v) is 3.37. The lowest BCUT2D eigenvalue weighted by molar-refractivity contribution is 0.590. The Labute approximate surface area is 109 Å². The zero-order chi connectivity index (χ0) is 13.5. The van der Waals surface area contributed by atoms with Gasteiger partial charge < -0.3 is 5.73 Å². The van der Waals surface area contributed by atoms with E-state index in [4.69, 9.17) is 5.73 Å². The summed E-state index contributed by atoms with van der Waals surface area (Å²) in [4.78, 5) is 0. The van der Waals surface area contributed by atoms with Crippen LogP contribution in [0.15, 0.2) is 24.4 Å². The maximum Gasteiger partial charge on any atom is 0.129 e. The second-order valence-corrected chi connectivity index (χ2v) is 5.85. The Kier molecular flexibility index (Phi) is 2.93. The van der Waals surface area contributed by atoms with Gasteiger partial charge in [-0.2, -0.15) is 5.10 Å². The van der Waals surface area contributed by atoms with Crippen LogP contribution in [0.4, 0.5) is 5.82 Å². The Morgan fingerprint density at radius 3 is 2.28 bits per heavy atom. The van der Waals surface area contributed by atoms with Crippen molar-refractivity contribution in [2.75, 3.05) is 5.73 Å². The predicted molar refractivity (Wildman–Crippen MR) is 76.5 cm³/mol. The van der Waals surface area contributed by atoms with E-state index in [9.17, 15) is 0 Å². The number of aromatic nitrogens is 2. The van der Waals surface area contributed by atoms with E-state index >= 15 is 0 Å². The first kappa shape index (κ1) is 12.7. The molecule has 0 fully saturated rings. The van der Waals surface area contributed by atoms with Crippen molar-refractivity contribution in [2.45, 2.75) is 33.1 Å². The normalized spacial score (nSPS) is 11.8. The molecule has 2 aromatic rings. The number of benzene rings is 1. The molecule has 0 unspecified atom stereocenters. The van der Waals surface area contributed by atoms with Crippen LogP contribution in [0.25, 0.3) is 11.1 Å². The third-order valence-electron chi connectivity index (χ3n) is 3.37. The van der Waals surface area contributed by atoms with Gasteiger partial charge in [-0.05, 0) is 29.0 Å². The molecule has 1 heterocycles. The molecule has 96 valence electrons. The molecule has 3 nitrogen and oxygen atoms in total. The van der Waals surface area contributed by atoms with Crippen LogP contribution in [0.3, 0.4) is 0 Å². The summed E-state index contributed by atoms with van der Waals surface area (Å²) in [5.74, 6) is 0.710. The highest BCUT2D eigenvalue weighted by Crippen LogP contribution is 2.31. The molecule has 0 amide bonds. The molecular weight excluding hydrogens is 222 g/mol. The van der Waals surface area contributed by atoms with Gasteiger partial charge in [0.25, 0.3) is 0 Å². The molecule has 0 bridgehead atoms. The van der Waals surface area contributed by atoms with Crippen molar-refractivity contribution in [2.24, 2.45) is 7.05 Å². The lowest BCUT2D eigenvalue weighted by atomic mass is 9.85. The summed E-state index contributed by atoms with van der Waals surface area (Å²) >= 11 is 0. The first-order chi connectivity index (χ1) is 8.30. The lowest BCUT2D eigenvalue weighted by Gasteiger charge is -2.20. The van der Waals surface area contributed by atoms with Crippen LogP contribution >= 0.6 is 0 Å². The molecule has 1 aromatic carbocycles. The minimum atomic E-state index is 0.170. The zero-order valence-corrected chi connectivity index (χ0v) is 11.8. The first-order valence-corrected chi connectivity index (χ1v) is 6.19. The van der Waals surface area contributed by atoms with E-state index in [1.54, 1.807) is 4.68 Å². The van der Waals surface area contributed by atoms with Crippen LogP contribution in [-0.4, -0.2) is 9.78 Å². The van der Waals surface area contributed by atoms with Crippen LogP contribution in [0.2, 0.25) is 0 Å². The van der Waals surface area contributed by atoms with Crippen LogP contribution in [0, 0.1) is 6.92 Å². The molecule has 0 aliphatic carbocycles. The van der Waals surface area contributed by atoms with Crippen LogP contribution in [0.1, 0.15) is 31.9 Å². The van der Waals surface area contributed by atoms with Crippen molar-refractivity contribution >= 4 is 5.82 Å². The molecule has 0 aliphatic rings. The average Bonchev–Trinajstić information content (AvgIpc) is 2.59. The number of aryl methyl sites for hydroxylation is 2. The molecular formula is C15H21N3. The maximum atomic E-state index is 6.03. The van der Waals surface area contributed by atoms with Crippen molar-refractivity contribution in [1.29, 1.82) is 0 Å². The van der Waals surface area contributed by atoms with E-state index in [1.807, 2.05) is 13.2 Å². The SMILES string of the molecule is Cc1cc(C(C)(C)C)ccc1-c1cnn(C)c1N. The Morgan fingerprint density at radius 1 is 1.17 bits per heavy atom. The fourth-order valence-electron chi connectivity index (χ4n) is 2.09. The molecule has 0 saturated carbocycles. The number of rotatable bonds is 1. The third kappa shape index (κ3) is 2.13. The molecule has 18 heavy (non-hydrogen) atoms. The number of hydrogen-bond acceptors (Lipinski definition) is 2. The van der Waals surface area contributed by atoms with Gasteiger partial charge in [0.15, 0.2) is 0 Å². The quantitative estimate of drug-likeness (QED) is 0.835. The van der Waals surface area contributed by atoms with Gasteiger partial charge in [-0.25, -0.2) is 0 Å². The van der Waals surface area contributed by atoms with E-state index in [2.05, 4.69) is 51.0 Å². The number of hydrogen-bond donors (Lipinski definition) is 1. The fourth-order valence-corrected chi connectivity index (χ4v) is 2.09. The molecule has 2 rings (SSSR count). The predicted octanol–water partition coefficient (Wildman–Crippen LogP) is 3.28. The Bertz CT molecular complexity index is 574. The summed E-state index contributed by atoms with van der Waals surface area (Å²) in [5, 5.41) is 4.20. The van der Waals surface area contributed by atoms with E-state index in [-0.39, 0.29) is 5.41 Å². The highest BCUT2D eigenvalue weighted by atomic mass is 15.3. The highest BCUT2D eigenvalue weighted by molar-refractivity contribution is 5.76. The van der Waals surface area contributed by atoms with Crippen molar-refractivity contribution < 1.29 is 0 Å². The number of nitrogens with two attached hydrogens (primary N) is 1. The van der Waals surface area contributed by atoms with Crippen LogP contribution < -0.4 is 5.73 Å². The molecule has 1 aromatic heterocycles. The minimum Gasteiger partial charge on any atom is -0.383 e. The summed E-state index contributed by atoms with van der Waals surface area (Å²) in [5.41, 5.74) is 10.9. The average molecular weight is 243 g/mol. The fraction of sp³-hybridized carbons (Fsp3) is 0.400. The molecule has 2 N–H and O–H groups in total. The van der Waals surface area contributed by atoms with Crippen molar-refractivity contribution in [3.63, 3.8) is 0 Å². The van der Waals surface area contributed by atoms with Gasteiger partial charge in [-0.1, -0.05) is 39.0 Å². The Morgan fingerprint density at radius 2 is 1.83 bits per heavy atom. The summed E-state index contributed by atoms with van der Waals surface area (Å²) < 4.78 is 1.70. The summed E-state index contributed by atoms with van der Waals surface area (Å²) in [7, 11) is 1.86. The molecule has 0 radical (unpaired) electrons. The Hall–Kier alpha value is -1.77. The van der Waals surface area contributed by atoms with E-state index in [1.165, 1.54) is 11.1 Å². The van der Waals surface area contributed by atoms with Crippen molar-refractivity contribution in [3.8, 4) is 11.1 Å². The largest absolute Gasteiger partial charge is 0.383 e. The summed E-state index contributed by atoms with van der Waals surface area (Å²) in [6.45, 7) is 8.79. The van der Waals surface area contributed by atoms with Gasteiger partial charge in [0.05, 0.1) is 6.20 Å². The van der Waals surface area contributed by atoms with Gasteiger partial charge in [0.2, 0.25) is 0 Å². The van der Waals surface area contributed by atoms with Crippen molar-refractivity contribution in [1.82, 2.24) is 9.78 Å². The lowest BCUT2D eigenvalue weighted by Crippen LogP contribution is -2.11. The maximum absolute atomic E-state index is 6.03. The molecule has 0 saturated heterocycles. The monoisotopic (exact) mass is 243 g/mol. The summed E-state index contributed by atoms with van der Waals surface area (Å²) in [6, 6.07) is 6.56. The minimum absolute atomic E-state index is 0.170. The van der Waals surface area contributed by atoms with Gasteiger partial charge in [0, 0.05) is 12.6 Å². The van der Waals surface area contributed by atoms with Gasteiger partial charge in [-0.15, -0.1) is 0 Å². The smallest absolute Gasteiger partial charge is 0.129 e. The number of nitrogens with zero attached hydrogens (tertiary/aromatic N) is 2.